The number of aliphatic hydroxyl groups excluding tert-OH is 1. The van der Waals surface area contributed by atoms with E-state index in [1.807, 2.05) is 72.8 Å². The highest BCUT2D eigenvalue weighted by molar-refractivity contribution is 9.10. The van der Waals surface area contributed by atoms with E-state index >= 15 is 0 Å². The molecule has 47 heavy (non-hydrogen) atoms. The van der Waals surface area contributed by atoms with Crippen molar-refractivity contribution in [3.05, 3.63) is 134 Å². The van der Waals surface area contributed by atoms with E-state index in [-0.39, 0.29) is 18.9 Å². The van der Waals surface area contributed by atoms with E-state index in [1.54, 1.807) is 31.4 Å². The van der Waals surface area contributed by atoms with Gasteiger partial charge in [0.05, 0.1) is 13.7 Å². The number of amides is 1. The van der Waals surface area contributed by atoms with E-state index in [0.717, 1.165) is 21.3 Å². The van der Waals surface area contributed by atoms with E-state index < -0.39 is 17.6 Å². The molecule has 0 fully saturated rings. The predicted molar refractivity (Wildman–Crippen MR) is 183 cm³/mol. The maximum absolute atomic E-state index is 14.5. The molecule has 0 unspecified atom stereocenters. The first-order chi connectivity index (χ1) is 23.0. The van der Waals surface area contributed by atoms with Gasteiger partial charge in [0.25, 0.3) is 5.91 Å². The third-order valence-electron chi connectivity index (χ3n) is 7.72. The highest BCUT2D eigenvalue weighted by Crippen LogP contribution is 2.45. The van der Waals surface area contributed by atoms with Crippen LogP contribution in [0.1, 0.15) is 34.8 Å². The molecule has 0 aliphatic carbocycles. The van der Waals surface area contributed by atoms with Crippen LogP contribution in [0.25, 0.3) is 10.4 Å². The lowest BCUT2D eigenvalue weighted by atomic mass is 9.81. The molecule has 0 bridgehead atoms. The molecular formula is C35H35BrN6O5. The van der Waals surface area contributed by atoms with Gasteiger partial charge in [-0.05, 0) is 65.5 Å². The van der Waals surface area contributed by atoms with Crippen molar-refractivity contribution in [2.24, 2.45) is 10.1 Å². The van der Waals surface area contributed by atoms with E-state index in [9.17, 15) is 10.3 Å². The molecule has 0 saturated carbocycles. The van der Waals surface area contributed by atoms with Gasteiger partial charge in [-0.1, -0.05) is 75.6 Å². The molecule has 1 aliphatic heterocycles. The highest BCUT2D eigenvalue weighted by atomic mass is 79.9. The molecule has 2 atom stereocenters. The third kappa shape index (κ3) is 8.11. The summed E-state index contributed by atoms with van der Waals surface area (Å²) in [5.74, 6) is 1.27. The zero-order valence-electron chi connectivity index (χ0n) is 25.8. The number of methoxy groups -OCH3 is 1. The van der Waals surface area contributed by atoms with E-state index in [4.69, 9.17) is 24.3 Å². The lowest BCUT2D eigenvalue weighted by Gasteiger charge is -2.31. The van der Waals surface area contributed by atoms with Crippen molar-refractivity contribution >= 4 is 33.4 Å². The van der Waals surface area contributed by atoms with Gasteiger partial charge in [0.15, 0.2) is 11.6 Å². The zero-order chi connectivity index (χ0) is 33.1. The lowest BCUT2D eigenvalue weighted by molar-refractivity contribution is -0.130. The molecule has 0 radical (unpaired) electrons. The number of aliphatic imine (C=N–C) groups is 1. The summed E-state index contributed by atoms with van der Waals surface area (Å²) in [6.45, 7) is 0.886. The minimum absolute atomic E-state index is 0.0441. The molecule has 4 aromatic carbocycles. The average molecular weight is 700 g/mol. The first-order valence-electron chi connectivity index (χ1n) is 15.1. The Morgan fingerprint density at radius 1 is 1.04 bits per heavy atom. The van der Waals surface area contributed by atoms with E-state index in [0.29, 0.717) is 48.6 Å². The molecular weight excluding hydrogens is 664 g/mol. The van der Waals surface area contributed by atoms with Gasteiger partial charge in [0, 0.05) is 52.2 Å². The predicted octanol–water partition coefficient (Wildman–Crippen LogP) is 6.52. The smallest absolute Gasteiger partial charge is 0.266 e. The third-order valence-corrected chi connectivity index (χ3v) is 8.44. The van der Waals surface area contributed by atoms with Crippen LogP contribution in [-0.2, 0) is 22.4 Å². The van der Waals surface area contributed by atoms with Gasteiger partial charge in [-0.15, -0.1) is 0 Å². The second kappa shape index (κ2) is 16.1. The Labute approximate surface area is 281 Å². The molecule has 1 amide bonds. The number of nitrogens with one attached hydrogen (secondary N) is 2. The van der Waals surface area contributed by atoms with E-state index in [1.165, 1.54) is 0 Å². The van der Waals surface area contributed by atoms with Gasteiger partial charge in [0.1, 0.15) is 11.5 Å². The largest absolute Gasteiger partial charge is 0.497 e. The summed E-state index contributed by atoms with van der Waals surface area (Å²) >= 11 is 3.66. The Balaban J connectivity index is 1.51. The fraction of sp³-hybridized carbons (Fsp3) is 0.257. The Kier molecular flexibility index (Phi) is 11.5. The summed E-state index contributed by atoms with van der Waals surface area (Å²) in [6, 6.07) is 29.6. The van der Waals surface area contributed by atoms with Crippen molar-refractivity contribution in [1.82, 2.24) is 10.9 Å². The fourth-order valence-corrected chi connectivity index (χ4v) is 5.79. The summed E-state index contributed by atoms with van der Waals surface area (Å²) in [5, 5.41) is 13.0. The number of aliphatic hydroxyl groups is 1. The second-order valence-electron chi connectivity index (χ2n) is 10.8. The number of carbonyl (C=O) groups is 1. The molecule has 4 aromatic rings. The maximum Gasteiger partial charge on any atom is 0.266 e. The number of hydrogen-bond acceptors (Lipinski definition) is 8. The molecule has 3 N–H and O–H groups in total. The number of halogens is 1. The van der Waals surface area contributed by atoms with E-state index in [2.05, 4.69) is 36.8 Å². The molecule has 242 valence electrons. The van der Waals surface area contributed by atoms with Crippen LogP contribution in [-0.4, -0.2) is 49.3 Å². The summed E-state index contributed by atoms with van der Waals surface area (Å²) in [7, 11) is 1.62. The van der Waals surface area contributed by atoms with Gasteiger partial charge in [-0.3, -0.25) is 10.2 Å². The first kappa shape index (κ1) is 33.5. The van der Waals surface area contributed by atoms with Crippen LogP contribution in [0.2, 0.25) is 0 Å². The Morgan fingerprint density at radius 2 is 1.77 bits per heavy atom. The standard InChI is InChI=1S/C35H35BrN6O5/c1-45-27-15-11-24(12-16-27)19-20-38-41-34(44)35(23-26-7-2-5-10-31(26)40-42-37)32(29-8-3-4-9-30(29)36)47-33(39-35)25-13-17-28(18-14-25)46-22-6-21-43/h2-5,7-18,32,38,43H,6,19-23H2,1H3,(H,41,44)/t32-,35-/m0/s1. The molecule has 1 heterocycles. The minimum atomic E-state index is -1.51. The fourth-order valence-electron chi connectivity index (χ4n) is 5.29. The van der Waals surface area contributed by atoms with Crippen molar-refractivity contribution in [1.29, 1.82) is 0 Å². The molecule has 0 saturated heterocycles. The van der Waals surface area contributed by atoms with Crippen LogP contribution in [0.4, 0.5) is 5.69 Å². The van der Waals surface area contributed by atoms with Gasteiger partial charge < -0.3 is 19.3 Å². The SMILES string of the molecule is COc1ccc(CCNNC(=O)[C@@]2(Cc3ccccc3N=[N+]=[N-])N=C(c3ccc(OCCCO)cc3)O[C@H]2c2ccccc2Br)cc1. The van der Waals surface area contributed by atoms with Gasteiger partial charge in [-0.2, -0.15) is 0 Å². The summed E-state index contributed by atoms with van der Waals surface area (Å²) in [6.07, 6.45) is 0.402. The van der Waals surface area contributed by atoms with Crippen LogP contribution < -0.4 is 20.3 Å². The van der Waals surface area contributed by atoms with Crippen molar-refractivity contribution in [3.63, 3.8) is 0 Å². The Bertz CT molecular complexity index is 1740. The van der Waals surface area contributed by atoms with Crippen LogP contribution in [0.3, 0.4) is 0 Å². The van der Waals surface area contributed by atoms with Crippen molar-refractivity contribution < 1.29 is 24.1 Å². The molecule has 12 heteroatoms. The quantitative estimate of drug-likeness (QED) is 0.0423. The maximum atomic E-state index is 14.5. The Morgan fingerprint density at radius 3 is 2.49 bits per heavy atom. The summed E-state index contributed by atoms with van der Waals surface area (Å²) in [5.41, 5.74) is 17.2. The number of benzene rings is 4. The number of azide groups is 1. The number of carbonyl (C=O) groups excluding carboxylic acids is 1. The van der Waals surface area contributed by atoms with Crippen LogP contribution in [0.5, 0.6) is 11.5 Å². The highest BCUT2D eigenvalue weighted by Gasteiger charge is 2.54. The molecule has 11 nitrogen and oxygen atoms in total. The van der Waals surface area contributed by atoms with Gasteiger partial charge in [0.2, 0.25) is 5.90 Å². The molecule has 0 spiro atoms. The van der Waals surface area contributed by atoms with Crippen molar-refractivity contribution in [2.45, 2.75) is 30.9 Å². The number of nitrogens with zero attached hydrogens (tertiary/aromatic N) is 4. The monoisotopic (exact) mass is 698 g/mol. The van der Waals surface area contributed by atoms with Crippen LogP contribution >= 0.6 is 15.9 Å². The average Bonchev–Trinajstić information content (AvgIpc) is 3.48. The minimum Gasteiger partial charge on any atom is -0.497 e. The molecule has 1 aliphatic rings. The van der Waals surface area contributed by atoms with Crippen molar-refractivity contribution in [3.8, 4) is 11.5 Å². The van der Waals surface area contributed by atoms with Crippen LogP contribution in [0, 0.1) is 0 Å². The first-order valence-corrected chi connectivity index (χ1v) is 15.9. The number of ether oxygens (including phenoxy) is 3. The summed E-state index contributed by atoms with van der Waals surface area (Å²) < 4.78 is 18.3. The zero-order valence-corrected chi connectivity index (χ0v) is 27.4. The lowest BCUT2D eigenvalue weighted by Crippen LogP contribution is -2.54. The number of hydrazine groups is 1. The Hall–Kier alpha value is -4.87. The summed E-state index contributed by atoms with van der Waals surface area (Å²) in [4.78, 5) is 22.5. The van der Waals surface area contributed by atoms with Gasteiger partial charge in [-0.25, -0.2) is 10.4 Å². The van der Waals surface area contributed by atoms with Gasteiger partial charge >= 0.3 is 0 Å². The van der Waals surface area contributed by atoms with Crippen LogP contribution in [0.15, 0.2) is 112 Å². The topological polar surface area (TPSA) is 150 Å². The molecule has 5 rings (SSSR count). The normalized spacial score (nSPS) is 16.8. The number of hydrogen-bond donors (Lipinski definition) is 3. The number of rotatable bonds is 15. The molecule has 0 aromatic heterocycles. The van der Waals surface area contributed by atoms with Crippen molar-refractivity contribution in [2.75, 3.05) is 26.9 Å². The second-order valence-corrected chi connectivity index (χ2v) is 11.6.